The Hall–Kier alpha value is -3.32. The first kappa shape index (κ1) is 16.8. The van der Waals surface area contributed by atoms with E-state index < -0.39 is 0 Å². The molecule has 1 amide bonds. The number of amides is 1. The van der Waals surface area contributed by atoms with E-state index in [4.69, 9.17) is 9.47 Å². The van der Waals surface area contributed by atoms with Crippen LogP contribution in [0.3, 0.4) is 0 Å². The van der Waals surface area contributed by atoms with E-state index in [1.54, 1.807) is 23.6 Å². The van der Waals surface area contributed by atoms with Crippen LogP contribution in [0.2, 0.25) is 0 Å². The third-order valence-corrected chi connectivity index (χ3v) is 5.58. The number of hydrogen-bond acceptors (Lipinski definition) is 5. The molecule has 1 aliphatic heterocycles. The summed E-state index contributed by atoms with van der Waals surface area (Å²) in [4.78, 5) is 17.2. The number of nitrogens with zero attached hydrogens (tertiary/aromatic N) is 2. The summed E-state index contributed by atoms with van der Waals surface area (Å²) >= 11 is 1.47. The van der Waals surface area contributed by atoms with Crippen molar-refractivity contribution in [1.82, 2.24) is 9.55 Å². The van der Waals surface area contributed by atoms with E-state index in [2.05, 4.69) is 40.0 Å². The van der Waals surface area contributed by atoms with E-state index in [1.165, 1.54) is 22.2 Å². The number of anilines is 1. The molecule has 0 saturated carbocycles. The molecule has 140 valence electrons. The summed E-state index contributed by atoms with van der Waals surface area (Å²) in [5.41, 5.74) is 3.23. The Morgan fingerprint density at radius 3 is 2.93 bits per heavy atom. The minimum absolute atomic E-state index is 0.202. The van der Waals surface area contributed by atoms with Gasteiger partial charge >= 0.3 is 0 Å². The van der Waals surface area contributed by atoms with E-state index in [9.17, 15) is 4.79 Å². The van der Waals surface area contributed by atoms with Gasteiger partial charge in [0.1, 0.15) is 10.7 Å². The molecule has 0 bridgehead atoms. The Labute approximate surface area is 165 Å². The van der Waals surface area contributed by atoms with Gasteiger partial charge in [-0.25, -0.2) is 4.98 Å². The molecule has 0 saturated heterocycles. The smallest absolute Gasteiger partial charge is 0.275 e. The molecule has 0 unspecified atom stereocenters. The number of carbonyl (C=O) groups is 1. The van der Waals surface area contributed by atoms with Crippen molar-refractivity contribution < 1.29 is 14.3 Å². The number of nitrogens with one attached hydrogen (secondary N) is 1. The van der Waals surface area contributed by atoms with Crippen LogP contribution in [-0.4, -0.2) is 22.3 Å². The monoisotopic (exact) mass is 391 g/mol. The maximum atomic E-state index is 12.6. The minimum atomic E-state index is -0.250. The lowest BCUT2D eigenvalue weighted by molar-refractivity contribution is 0.102. The van der Waals surface area contributed by atoms with Crippen LogP contribution in [0.5, 0.6) is 11.5 Å². The number of thiazole rings is 1. The number of rotatable bonds is 4. The van der Waals surface area contributed by atoms with Crippen molar-refractivity contribution in [2.24, 2.45) is 0 Å². The summed E-state index contributed by atoms with van der Waals surface area (Å²) in [6.07, 6.45) is 0. The number of benzene rings is 2. The standard InChI is InChI=1S/C21H17N3O3S/c1-2-24-16-6-4-3-5-13(16)9-17(24)21-23-15(11-28-21)20(25)22-14-7-8-18-19(10-14)27-12-26-18/h3-11H,2,12H2,1H3,(H,22,25). The van der Waals surface area contributed by atoms with Gasteiger partial charge in [0.25, 0.3) is 5.91 Å². The van der Waals surface area contributed by atoms with Gasteiger partial charge in [-0.05, 0) is 31.2 Å². The van der Waals surface area contributed by atoms with E-state index >= 15 is 0 Å². The number of hydrogen-bond donors (Lipinski definition) is 1. The molecule has 6 nitrogen and oxygen atoms in total. The van der Waals surface area contributed by atoms with Gasteiger partial charge in [-0.1, -0.05) is 18.2 Å². The third kappa shape index (κ3) is 2.80. The van der Waals surface area contributed by atoms with Crippen LogP contribution in [0, 0.1) is 0 Å². The number of carbonyl (C=O) groups excluding carboxylic acids is 1. The zero-order valence-electron chi connectivity index (χ0n) is 15.1. The van der Waals surface area contributed by atoms with Crippen LogP contribution in [0.25, 0.3) is 21.6 Å². The average Bonchev–Trinajstić information content (AvgIpc) is 3.44. The topological polar surface area (TPSA) is 65.4 Å². The van der Waals surface area contributed by atoms with Gasteiger partial charge in [-0.2, -0.15) is 0 Å². The normalized spacial score (nSPS) is 12.5. The van der Waals surface area contributed by atoms with Crippen LogP contribution >= 0.6 is 11.3 Å². The van der Waals surface area contributed by atoms with Crippen LogP contribution in [0.1, 0.15) is 17.4 Å². The number of aromatic nitrogens is 2. The molecule has 0 spiro atoms. The van der Waals surface area contributed by atoms with Gasteiger partial charge in [0.05, 0.1) is 5.69 Å². The number of aryl methyl sites for hydroxylation is 1. The predicted molar refractivity (Wildman–Crippen MR) is 109 cm³/mol. The Morgan fingerprint density at radius 2 is 2.04 bits per heavy atom. The van der Waals surface area contributed by atoms with Gasteiger partial charge in [0, 0.05) is 34.6 Å². The Bertz CT molecular complexity index is 1190. The van der Waals surface area contributed by atoms with Crippen molar-refractivity contribution in [3.8, 4) is 22.2 Å². The summed E-state index contributed by atoms with van der Waals surface area (Å²) < 4.78 is 12.9. The summed E-state index contributed by atoms with van der Waals surface area (Å²) in [5.74, 6) is 1.06. The lowest BCUT2D eigenvalue weighted by atomic mass is 10.2. The zero-order valence-corrected chi connectivity index (χ0v) is 16.0. The van der Waals surface area contributed by atoms with Gasteiger partial charge < -0.3 is 19.4 Å². The quantitative estimate of drug-likeness (QED) is 0.544. The number of ether oxygens (including phenoxy) is 2. The molecular weight excluding hydrogens is 374 g/mol. The van der Waals surface area contributed by atoms with E-state index in [-0.39, 0.29) is 12.7 Å². The molecule has 0 atom stereocenters. The lowest BCUT2D eigenvalue weighted by Gasteiger charge is -2.05. The maximum Gasteiger partial charge on any atom is 0.275 e. The van der Waals surface area contributed by atoms with Crippen molar-refractivity contribution in [3.05, 3.63) is 59.6 Å². The van der Waals surface area contributed by atoms with Crippen molar-refractivity contribution in [3.63, 3.8) is 0 Å². The molecule has 0 aliphatic carbocycles. The Balaban J connectivity index is 1.42. The molecule has 0 radical (unpaired) electrons. The molecule has 1 N–H and O–H groups in total. The number of fused-ring (bicyclic) bond motifs is 2. The first-order valence-electron chi connectivity index (χ1n) is 8.98. The molecule has 2 aromatic heterocycles. The predicted octanol–water partition coefficient (Wildman–Crippen LogP) is 4.77. The highest BCUT2D eigenvalue weighted by atomic mass is 32.1. The van der Waals surface area contributed by atoms with Crippen LogP contribution in [0.4, 0.5) is 5.69 Å². The fraction of sp³-hybridized carbons (Fsp3) is 0.143. The van der Waals surface area contributed by atoms with E-state index in [0.29, 0.717) is 22.9 Å². The molecular formula is C21H17N3O3S. The minimum Gasteiger partial charge on any atom is -0.454 e. The Kier molecular flexibility index (Phi) is 4.02. The zero-order chi connectivity index (χ0) is 19.1. The fourth-order valence-electron chi connectivity index (χ4n) is 3.39. The van der Waals surface area contributed by atoms with Crippen molar-refractivity contribution in [1.29, 1.82) is 0 Å². The highest BCUT2D eigenvalue weighted by Gasteiger charge is 2.18. The first-order chi connectivity index (χ1) is 13.7. The van der Waals surface area contributed by atoms with Gasteiger partial charge in [-0.3, -0.25) is 4.79 Å². The lowest BCUT2D eigenvalue weighted by Crippen LogP contribution is -2.12. The third-order valence-electron chi connectivity index (χ3n) is 4.71. The molecule has 1 aliphatic rings. The summed E-state index contributed by atoms with van der Waals surface area (Å²) in [6.45, 7) is 3.14. The second-order valence-corrected chi connectivity index (χ2v) is 7.25. The second kappa shape index (κ2) is 6.69. The fourth-order valence-corrected chi connectivity index (χ4v) is 4.22. The van der Waals surface area contributed by atoms with Crippen LogP contribution < -0.4 is 14.8 Å². The maximum absolute atomic E-state index is 12.6. The summed E-state index contributed by atoms with van der Waals surface area (Å²) in [5, 5.41) is 6.65. The molecule has 2 aromatic carbocycles. The first-order valence-corrected chi connectivity index (χ1v) is 9.86. The second-order valence-electron chi connectivity index (χ2n) is 6.39. The van der Waals surface area contributed by atoms with Gasteiger partial charge in [-0.15, -0.1) is 11.3 Å². The molecule has 7 heteroatoms. The van der Waals surface area contributed by atoms with E-state index in [1.807, 2.05) is 12.1 Å². The molecule has 0 fully saturated rings. The van der Waals surface area contributed by atoms with Crippen molar-refractivity contribution in [2.75, 3.05) is 12.1 Å². The molecule has 3 heterocycles. The average molecular weight is 391 g/mol. The van der Waals surface area contributed by atoms with Gasteiger partial charge in [0.15, 0.2) is 11.5 Å². The van der Waals surface area contributed by atoms with Crippen LogP contribution in [-0.2, 0) is 6.54 Å². The highest BCUT2D eigenvalue weighted by Crippen LogP contribution is 2.35. The molecule has 4 aromatic rings. The molecule has 5 rings (SSSR count). The van der Waals surface area contributed by atoms with E-state index in [0.717, 1.165) is 17.2 Å². The SMILES string of the molecule is CCn1c(-c2nc(C(=O)Nc3ccc4c(c3)OCO4)cs2)cc2ccccc21. The van der Waals surface area contributed by atoms with Gasteiger partial charge in [0.2, 0.25) is 6.79 Å². The van der Waals surface area contributed by atoms with Crippen molar-refractivity contribution in [2.45, 2.75) is 13.5 Å². The summed E-state index contributed by atoms with van der Waals surface area (Å²) in [6, 6.07) is 15.7. The number of para-hydroxylation sites is 1. The van der Waals surface area contributed by atoms with Crippen molar-refractivity contribution >= 4 is 33.8 Å². The largest absolute Gasteiger partial charge is 0.454 e. The highest BCUT2D eigenvalue weighted by molar-refractivity contribution is 7.13. The van der Waals surface area contributed by atoms with Crippen LogP contribution in [0.15, 0.2) is 53.9 Å². The summed E-state index contributed by atoms with van der Waals surface area (Å²) in [7, 11) is 0. The molecule has 28 heavy (non-hydrogen) atoms. The Morgan fingerprint density at radius 1 is 1.18 bits per heavy atom.